The third-order valence-corrected chi connectivity index (χ3v) is 3.47. The van der Waals surface area contributed by atoms with Crippen LogP contribution in [0.15, 0.2) is 0 Å². The van der Waals surface area contributed by atoms with Gasteiger partial charge in [0.15, 0.2) is 5.69 Å². The second kappa shape index (κ2) is 6.00. The Balaban J connectivity index is 2.38. The molecule has 0 aromatic carbocycles. The predicted molar refractivity (Wildman–Crippen MR) is 66.0 cm³/mol. The van der Waals surface area contributed by atoms with Crippen LogP contribution < -0.4 is 0 Å². The van der Waals surface area contributed by atoms with Crippen molar-refractivity contribution in [3.8, 4) is 0 Å². The Morgan fingerprint density at radius 1 is 1.35 bits per heavy atom. The van der Waals surface area contributed by atoms with Crippen LogP contribution in [0.2, 0.25) is 0 Å². The smallest absolute Gasteiger partial charge is 0.360 e. The molecule has 8 nitrogen and oxygen atoms in total. The van der Waals surface area contributed by atoms with E-state index >= 15 is 0 Å². The Hall–Kier alpha value is -1.96. The Kier molecular flexibility index (Phi) is 4.33. The molecule has 20 heavy (non-hydrogen) atoms. The molecule has 0 spiro atoms. The van der Waals surface area contributed by atoms with Crippen LogP contribution in [-0.2, 0) is 20.7 Å². The third-order valence-electron chi connectivity index (χ3n) is 3.47. The van der Waals surface area contributed by atoms with Gasteiger partial charge in [-0.2, -0.15) is 0 Å². The summed E-state index contributed by atoms with van der Waals surface area (Å²) in [6.45, 7) is 0. The molecule has 0 radical (unpaired) electrons. The summed E-state index contributed by atoms with van der Waals surface area (Å²) in [5.41, 5.74) is 0.298. The number of esters is 2. The number of hydrogen-bond acceptors (Lipinski definition) is 7. The molecule has 1 aliphatic rings. The van der Waals surface area contributed by atoms with Crippen molar-refractivity contribution in [2.24, 2.45) is 0 Å². The van der Waals surface area contributed by atoms with Crippen molar-refractivity contribution >= 4 is 11.9 Å². The second-order valence-corrected chi connectivity index (χ2v) is 4.64. The van der Waals surface area contributed by atoms with E-state index in [2.05, 4.69) is 19.8 Å². The summed E-state index contributed by atoms with van der Waals surface area (Å²) in [5.74, 6) is -1.17. The average molecular weight is 283 g/mol. The summed E-state index contributed by atoms with van der Waals surface area (Å²) in [5, 5.41) is 17.6. The Labute approximate surface area is 115 Å². The lowest BCUT2D eigenvalue weighted by atomic mass is 10.1. The van der Waals surface area contributed by atoms with E-state index in [1.807, 2.05) is 0 Å². The van der Waals surface area contributed by atoms with Gasteiger partial charge in [-0.05, 0) is 19.3 Å². The number of aromatic nitrogens is 3. The van der Waals surface area contributed by atoms with Crippen molar-refractivity contribution < 1.29 is 24.2 Å². The third kappa shape index (κ3) is 2.64. The molecule has 110 valence electrons. The minimum absolute atomic E-state index is 0.0167. The highest BCUT2D eigenvalue weighted by molar-refractivity contribution is 5.89. The van der Waals surface area contributed by atoms with Gasteiger partial charge in [-0.1, -0.05) is 5.21 Å². The molecule has 1 aromatic rings. The molecule has 2 atom stereocenters. The van der Waals surface area contributed by atoms with Crippen molar-refractivity contribution in [2.75, 3.05) is 14.2 Å². The molecular formula is C12H17N3O5. The standard InChI is InChI=1S/C12H17N3O5/c1-19-10(17)6-8-11(12(18)20-2)13-14-15(8)7-4-3-5-9(7)16/h7,9,16H,3-6H2,1-2H3. The minimum atomic E-state index is -0.664. The summed E-state index contributed by atoms with van der Waals surface area (Å²) in [6, 6.07) is -0.277. The van der Waals surface area contributed by atoms with Crippen molar-refractivity contribution in [1.82, 2.24) is 15.0 Å². The lowest BCUT2D eigenvalue weighted by Crippen LogP contribution is -2.23. The summed E-state index contributed by atoms with van der Waals surface area (Å²) >= 11 is 0. The maximum Gasteiger partial charge on any atom is 0.360 e. The molecule has 1 heterocycles. The number of ether oxygens (including phenoxy) is 2. The molecule has 2 unspecified atom stereocenters. The fraction of sp³-hybridized carbons (Fsp3) is 0.667. The second-order valence-electron chi connectivity index (χ2n) is 4.64. The van der Waals surface area contributed by atoms with E-state index in [9.17, 15) is 14.7 Å². The minimum Gasteiger partial charge on any atom is -0.469 e. The van der Waals surface area contributed by atoms with Gasteiger partial charge in [0.2, 0.25) is 0 Å². The zero-order chi connectivity index (χ0) is 14.7. The average Bonchev–Trinajstić information content (AvgIpc) is 3.04. The number of nitrogens with zero attached hydrogens (tertiary/aromatic N) is 3. The summed E-state index contributed by atoms with van der Waals surface area (Å²) in [6.07, 6.45) is 1.54. The van der Waals surface area contributed by atoms with Gasteiger partial charge in [-0.15, -0.1) is 5.10 Å². The number of carbonyl (C=O) groups excluding carboxylic acids is 2. The first-order valence-electron chi connectivity index (χ1n) is 6.35. The van der Waals surface area contributed by atoms with Gasteiger partial charge in [0, 0.05) is 0 Å². The number of methoxy groups -OCH3 is 2. The van der Waals surface area contributed by atoms with E-state index < -0.39 is 18.0 Å². The van der Waals surface area contributed by atoms with Gasteiger partial charge in [-0.25, -0.2) is 9.48 Å². The molecule has 0 bridgehead atoms. The van der Waals surface area contributed by atoms with Gasteiger partial charge in [-0.3, -0.25) is 4.79 Å². The van der Waals surface area contributed by atoms with Crippen molar-refractivity contribution in [1.29, 1.82) is 0 Å². The number of aliphatic hydroxyl groups excluding tert-OH is 1. The number of aliphatic hydroxyl groups is 1. The lowest BCUT2D eigenvalue weighted by Gasteiger charge is -2.17. The lowest BCUT2D eigenvalue weighted by molar-refractivity contribution is -0.139. The van der Waals surface area contributed by atoms with Gasteiger partial charge < -0.3 is 14.6 Å². The molecule has 0 amide bonds. The highest BCUT2D eigenvalue weighted by Gasteiger charge is 2.33. The van der Waals surface area contributed by atoms with Gasteiger partial charge in [0.1, 0.15) is 0 Å². The first kappa shape index (κ1) is 14.4. The summed E-state index contributed by atoms with van der Waals surface area (Å²) in [7, 11) is 2.49. The molecular weight excluding hydrogens is 266 g/mol. The van der Waals surface area contributed by atoms with Crippen LogP contribution in [0.4, 0.5) is 0 Å². The van der Waals surface area contributed by atoms with E-state index in [0.29, 0.717) is 12.1 Å². The fourth-order valence-corrected chi connectivity index (χ4v) is 2.41. The molecule has 1 aromatic heterocycles. The quantitative estimate of drug-likeness (QED) is 0.767. The van der Waals surface area contributed by atoms with Crippen LogP contribution in [0, 0.1) is 0 Å². The van der Waals surface area contributed by atoms with E-state index in [-0.39, 0.29) is 18.2 Å². The SMILES string of the molecule is COC(=O)Cc1c(C(=O)OC)nnn1C1CCCC1O. The molecule has 8 heteroatoms. The monoisotopic (exact) mass is 283 g/mol. The Morgan fingerprint density at radius 2 is 2.10 bits per heavy atom. The highest BCUT2D eigenvalue weighted by Crippen LogP contribution is 2.31. The zero-order valence-electron chi connectivity index (χ0n) is 11.4. The topological polar surface area (TPSA) is 104 Å². The van der Waals surface area contributed by atoms with Gasteiger partial charge >= 0.3 is 11.9 Å². The maximum atomic E-state index is 11.7. The van der Waals surface area contributed by atoms with Crippen LogP contribution >= 0.6 is 0 Å². The van der Waals surface area contributed by atoms with Crippen LogP contribution in [0.5, 0.6) is 0 Å². The Morgan fingerprint density at radius 3 is 2.65 bits per heavy atom. The largest absolute Gasteiger partial charge is 0.469 e. The van der Waals surface area contributed by atoms with Crippen molar-refractivity contribution in [3.63, 3.8) is 0 Å². The van der Waals surface area contributed by atoms with E-state index in [4.69, 9.17) is 0 Å². The van der Waals surface area contributed by atoms with E-state index in [1.54, 1.807) is 0 Å². The summed E-state index contributed by atoms with van der Waals surface area (Å²) < 4.78 is 10.7. The normalized spacial score (nSPS) is 21.8. The molecule has 2 rings (SSSR count). The fourth-order valence-electron chi connectivity index (χ4n) is 2.41. The zero-order valence-corrected chi connectivity index (χ0v) is 11.4. The maximum absolute atomic E-state index is 11.7. The van der Waals surface area contributed by atoms with E-state index in [0.717, 1.165) is 12.8 Å². The van der Waals surface area contributed by atoms with Crippen LogP contribution in [0.25, 0.3) is 0 Å². The number of carbonyl (C=O) groups is 2. The highest BCUT2D eigenvalue weighted by atomic mass is 16.5. The molecule has 1 fully saturated rings. The first-order valence-corrected chi connectivity index (χ1v) is 6.35. The number of rotatable bonds is 4. The Bertz CT molecular complexity index is 513. The van der Waals surface area contributed by atoms with Crippen molar-refractivity contribution in [3.05, 3.63) is 11.4 Å². The molecule has 1 saturated carbocycles. The van der Waals surface area contributed by atoms with Crippen LogP contribution in [0.3, 0.4) is 0 Å². The molecule has 1 aliphatic carbocycles. The van der Waals surface area contributed by atoms with Gasteiger partial charge in [0.25, 0.3) is 0 Å². The summed E-state index contributed by atoms with van der Waals surface area (Å²) in [4.78, 5) is 23.1. The van der Waals surface area contributed by atoms with Crippen LogP contribution in [0.1, 0.15) is 41.5 Å². The van der Waals surface area contributed by atoms with Crippen molar-refractivity contribution in [2.45, 2.75) is 37.8 Å². The number of hydrogen-bond donors (Lipinski definition) is 1. The molecule has 0 saturated heterocycles. The van der Waals surface area contributed by atoms with E-state index in [1.165, 1.54) is 18.9 Å². The van der Waals surface area contributed by atoms with Gasteiger partial charge in [0.05, 0.1) is 38.5 Å². The molecule has 0 aliphatic heterocycles. The predicted octanol–water partition coefficient (Wildman–Crippen LogP) is -0.134. The first-order chi connectivity index (χ1) is 9.58. The van der Waals surface area contributed by atoms with Crippen LogP contribution in [-0.4, -0.2) is 52.4 Å². The molecule has 1 N–H and O–H groups in total.